The summed E-state index contributed by atoms with van der Waals surface area (Å²) in [5.41, 5.74) is 5.03. The summed E-state index contributed by atoms with van der Waals surface area (Å²) >= 11 is 2.36. The maximum atomic E-state index is 11.3. The van der Waals surface area contributed by atoms with Gasteiger partial charge in [0.25, 0.3) is 5.69 Å². The lowest BCUT2D eigenvalue weighted by Crippen LogP contribution is -2.25. The van der Waals surface area contributed by atoms with E-state index in [2.05, 4.69) is 54.6 Å². The second-order valence-electron chi connectivity index (χ2n) is 6.26. The third-order valence-corrected chi connectivity index (χ3v) is 5.54. The van der Waals surface area contributed by atoms with E-state index in [1.54, 1.807) is 6.07 Å². The summed E-state index contributed by atoms with van der Waals surface area (Å²) in [6, 6.07) is 12.0. The molecule has 0 N–H and O–H groups in total. The number of nitro benzene ring substituents is 1. The van der Waals surface area contributed by atoms with Gasteiger partial charge in [-0.1, -0.05) is 32.8 Å². The Balaban J connectivity index is 2.32. The molecular formula is C19H20INO2. The Kier molecular flexibility index (Phi) is 4.45. The van der Waals surface area contributed by atoms with E-state index >= 15 is 0 Å². The minimum Gasteiger partial charge on any atom is -0.258 e. The number of rotatable bonds is 5. The predicted octanol–water partition coefficient (Wildman–Crippen LogP) is 6.07. The van der Waals surface area contributed by atoms with E-state index in [-0.39, 0.29) is 16.0 Å². The topological polar surface area (TPSA) is 43.1 Å². The van der Waals surface area contributed by atoms with Crippen LogP contribution in [0.25, 0.3) is 11.1 Å². The molecule has 0 atom stereocenters. The fraction of sp³-hybridized carbons (Fsp3) is 0.368. The summed E-state index contributed by atoms with van der Waals surface area (Å²) in [6.45, 7) is 4.39. The van der Waals surface area contributed by atoms with Crippen molar-refractivity contribution in [2.45, 2.75) is 44.9 Å². The van der Waals surface area contributed by atoms with Crippen LogP contribution in [-0.2, 0) is 5.41 Å². The molecule has 0 spiro atoms. The SMILES string of the molecule is CCCC1(CCC)c2cc(I)ccc2-c2ccc([N+](=O)[O-])cc21. The summed E-state index contributed by atoms with van der Waals surface area (Å²) in [7, 11) is 0. The summed E-state index contributed by atoms with van der Waals surface area (Å²) < 4.78 is 1.22. The Morgan fingerprint density at radius 2 is 1.57 bits per heavy atom. The molecule has 0 saturated heterocycles. The fourth-order valence-corrected chi connectivity index (χ4v) is 4.58. The van der Waals surface area contributed by atoms with Gasteiger partial charge in [-0.15, -0.1) is 0 Å². The van der Waals surface area contributed by atoms with Crippen molar-refractivity contribution in [2.24, 2.45) is 0 Å². The highest BCUT2D eigenvalue weighted by molar-refractivity contribution is 14.1. The summed E-state index contributed by atoms with van der Waals surface area (Å²) in [5.74, 6) is 0. The van der Waals surface area contributed by atoms with Crippen LogP contribution in [0, 0.1) is 13.7 Å². The smallest absolute Gasteiger partial charge is 0.258 e. The molecule has 1 aliphatic carbocycles. The second-order valence-corrected chi connectivity index (χ2v) is 7.50. The van der Waals surface area contributed by atoms with Crippen LogP contribution in [0.5, 0.6) is 0 Å². The zero-order chi connectivity index (χ0) is 16.6. The molecule has 2 aromatic rings. The van der Waals surface area contributed by atoms with Crippen LogP contribution < -0.4 is 0 Å². The van der Waals surface area contributed by atoms with Crippen molar-refractivity contribution < 1.29 is 4.92 Å². The minimum atomic E-state index is -0.282. The van der Waals surface area contributed by atoms with Crippen LogP contribution in [0.2, 0.25) is 0 Å². The molecule has 23 heavy (non-hydrogen) atoms. The van der Waals surface area contributed by atoms with Gasteiger partial charge in [-0.2, -0.15) is 0 Å². The van der Waals surface area contributed by atoms with E-state index < -0.39 is 0 Å². The zero-order valence-electron chi connectivity index (χ0n) is 13.4. The highest BCUT2D eigenvalue weighted by atomic mass is 127. The third kappa shape index (κ3) is 2.57. The van der Waals surface area contributed by atoms with Crippen molar-refractivity contribution >= 4 is 28.3 Å². The first-order valence-electron chi connectivity index (χ1n) is 8.13. The number of nitrogens with zero attached hydrogens (tertiary/aromatic N) is 1. The van der Waals surface area contributed by atoms with Gasteiger partial charge in [-0.25, -0.2) is 0 Å². The lowest BCUT2D eigenvalue weighted by Gasteiger charge is -2.31. The van der Waals surface area contributed by atoms with Crippen LogP contribution in [-0.4, -0.2) is 4.92 Å². The minimum absolute atomic E-state index is 0.0820. The number of nitro groups is 1. The molecule has 3 nitrogen and oxygen atoms in total. The quantitative estimate of drug-likeness (QED) is 0.334. The van der Waals surface area contributed by atoms with Crippen molar-refractivity contribution in [3.05, 3.63) is 61.2 Å². The number of hydrogen-bond donors (Lipinski definition) is 0. The second kappa shape index (κ2) is 6.23. The molecule has 0 aliphatic heterocycles. The van der Waals surface area contributed by atoms with Gasteiger partial charge in [-0.3, -0.25) is 10.1 Å². The molecule has 3 rings (SSSR count). The van der Waals surface area contributed by atoms with Crippen LogP contribution in [0.1, 0.15) is 50.7 Å². The first kappa shape index (κ1) is 16.4. The lowest BCUT2D eigenvalue weighted by molar-refractivity contribution is -0.384. The molecule has 0 radical (unpaired) electrons. The third-order valence-electron chi connectivity index (χ3n) is 4.87. The van der Waals surface area contributed by atoms with Crippen LogP contribution in [0.4, 0.5) is 5.69 Å². The Morgan fingerprint density at radius 3 is 2.13 bits per heavy atom. The number of fused-ring (bicyclic) bond motifs is 3. The van der Waals surface area contributed by atoms with Crippen molar-refractivity contribution in [1.82, 2.24) is 0 Å². The molecule has 0 amide bonds. The van der Waals surface area contributed by atoms with Gasteiger partial charge in [0.05, 0.1) is 4.92 Å². The summed E-state index contributed by atoms with van der Waals surface area (Å²) in [4.78, 5) is 11.0. The summed E-state index contributed by atoms with van der Waals surface area (Å²) in [5, 5.41) is 11.3. The van der Waals surface area contributed by atoms with Crippen molar-refractivity contribution in [3.63, 3.8) is 0 Å². The summed E-state index contributed by atoms with van der Waals surface area (Å²) in [6.07, 6.45) is 4.18. The van der Waals surface area contributed by atoms with E-state index in [0.29, 0.717) is 0 Å². The average Bonchev–Trinajstić information content (AvgIpc) is 2.78. The molecule has 0 heterocycles. The van der Waals surface area contributed by atoms with Gasteiger partial charge in [-0.05, 0) is 75.9 Å². The first-order chi connectivity index (χ1) is 11.0. The monoisotopic (exact) mass is 421 g/mol. The van der Waals surface area contributed by atoms with Gasteiger partial charge < -0.3 is 0 Å². The molecule has 4 heteroatoms. The average molecular weight is 421 g/mol. The van der Waals surface area contributed by atoms with E-state index in [0.717, 1.165) is 31.2 Å². The van der Waals surface area contributed by atoms with Gasteiger partial charge in [0, 0.05) is 21.1 Å². The maximum Gasteiger partial charge on any atom is 0.269 e. The van der Waals surface area contributed by atoms with Crippen LogP contribution >= 0.6 is 22.6 Å². The van der Waals surface area contributed by atoms with E-state index in [1.807, 2.05) is 12.1 Å². The van der Waals surface area contributed by atoms with Crippen molar-refractivity contribution in [2.75, 3.05) is 0 Å². The lowest BCUT2D eigenvalue weighted by atomic mass is 9.71. The normalized spacial score (nSPS) is 14.4. The Bertz CT molecular complexity index is 764. The number of non-ortho nitro benzene ring substituents is 1. The van der Waals surface area contributed by atoms with E-state index in [4.69, 9.17) is 0 Å². The Morgan fingerprint density at radius 1 is 1.00 bits per heavy atom. The number of halogens is 1. The molecule has 1 aliphatic rings. The van der Waals surface area contributed by atoms with Crippen LogP contribution in [0.15, 0.2) is 36.4 Å². The fourth-order valence-electron chi connectivity index (χ4n) is 4.09. The predicted molar refractivity (Wildman–Crippen MR) is 102 cm³/mol. The first-order valence-corrected chi connectivity index (χ1v) is 9.20. The Hall–Kier alpha value is -1.43. The molecular weight excluding hydrogens is 401 g/mol. The molecule has 0 aromatic heterocycles. The number of benzene rings is 2. The molecule has 120 valence electrons. The van der Waals surface area contributed by atoms with Crippen LogP contribution in [0.3, 0.4) is 0 Å². The molecule has 0 saturated carbocycles. The molecule has 0 fully saturated rings. The molecule has 0 bridgehead atoms. The largest absolute Gasteiger partial charge is 0.269 e. The zero-order valence-corrected chi connectivity index (χ0v) is 15.6. The van der Waals surface area contributed by atoms with Gasteiger partial charge >= 0.3 is 0 Å². The van der Waals surface area contributed by atoms with E-state index in [9.17, 15) is 10.1 Å². The van der Waals surface area contributed by atoms with Gasteiger partial charge in [0.1, 0.15) is 0 Å². The van der Waals surface area contributed by atoms with Gasteiger partial charge in [0.15, 0.2) is 0 Å². The molecule has 2 aromatic carbocycles. The molecule has 0 unspecified atom stereocenters. The maximum absolute atomic E-state index is 11.3. The van der Waals surface area contributed by atoms with Crippen molar-refractivity contribution in [3.8, 4) is 11.1 Å². The van der Waals surface area contributed by atoms with Gasteiger partial charge in [0.2, 0.25) is 0 Å². The number of hydrogen-bond acceptors (Lipinski definition) is 2. The van der Waals surface area contributed by atoms with Crippen molar-refractivity contribution in [1.29, 1.82) is 0 Å². The highest BCUT2D eigenvalue weighted by Crippen LogP contribution is 2.54. The highest BCUT2D eigenvalue weighted by Gasteiger charge is 2.42. The Labute approximate surface area is 150 Å². The van der Waals surface area contributed by atoms with E-state index in [1.165, 1.54) is 20.3 Å². The standard InChI is InChI=1S/C19H20INO2/c1-3-9-19(10-4-2)17-11-13(20)5-7-15(17)16-8-6-14(21(22)23)12-18(16)19/h5-8,11-12H,3-4,9-10H2,1-2H3.